The van der Waals surface area contributed by atoms with Gasteiger partial charge in [0.25, 0.3) is 0 Å². The van der Waals surface area contributed by atoms with Gasteiger partial charge in [0.05, 0.1) is 0 Å². The molecular formula is C7H12N2O. The number of fused-ring (bicyclic) bond motifs is 2. The van der Waals surface area contributed by atoms with E-state index in [9.17, 15) is 4.79 Å². The lowest BCUT2D eigenvalue weighted by atomic mass is 9.59. The Morgan fingerprint density at radius 3 is 2.80 bits per heavy atom. The Labute approximate surface area is 60.0 Å². The summed E-state index contributed by atoms with van der Waals surface area (Å²) < 4.78 is 0. The molecule has 3 fully saturated rings. The van der Waals surface area contributed by atoms with Gasteiger partial charge in [0.1, 0.15) is 0 Å². The van der Waals surface area contributed by atoms with Crippen LogP contribution in [0.4, 0.5) is 0 Å². The molecule has 2 bridgehead atoms. The van der Waals surface area contributed by atoms with Gasteiger partial charge in [-0.25, -0.2) is 0 Å². The highest BCUT2D eigenvalue weighted by Gasteiger charge is 2.50. The number of rotatable bonds is 1. The van der Waals surface area contributed by atoms with E-state index in [0.29, 0.717) is 5.41 Å². The predicted octanol–water partition coefficient (Wildman–Crippen LogP) is -0.529. The molecule has 0 aromatic carbocycles. The Bertz CT molecular complexity index is 167. The van der Waals surface area contributed by atoms with Crippen molar-refractivity contribution < 1.29 is 4.79 Å². The average Bonchev–Trinajstić information content (AvgIpc) is 1.87. The molecule has 56 valence electrons. The molecule has 0 radical (unpaired) electrons. The number of piperidine rings is 2. The fourth-order valence-electron chi connectivity index (χ4n) is 1.97. The maximum absolute atomic E-state index is 10.9. The predicted molar refractivity (Wildman–Crippen MR) is 37.2 cm³/mol. The summed E-state index contributed by atoms with van der Waals surface area (Å²) >= 11 is 0. The molecule has 0 unspecified atom stereocenters. The quantitative estimate of drug-likeness (QED) is 0.514. The van der Waals surface area contributed by atoms with E-state index in [0.717, 1.165) is 25.9 Å². The number of amides is 1. The molecule has 2 saturated heterocycles. The van der Waals surface area contributed by atoms with Crippen LogP contribution in [0.5, 0.6) is 0 Å². The van der Waals surface area contributed by atoms with Gasteiger partial charge in [-0.15, -0.1) is 0 Å². The first-order valence-electron chi connectivity index (χ1n) is 3.74. The van der Waals surface area contributed by atoms with Crippen LogP contribution in [0, 0.1) is 11.3 Å². The van der Waals surface area contributed by atoms with Crippen molar-refractivity contribution in [1.82, 2.24) is 5.32 Å². The van der Waals surface area contributed by atoms with Crippen LogP contribution in [0.3, 0.4) is 0 Å². The van der Waals surface area contributed by atoms with E-state index in [-0.39, 0.29) is 11.8 Å². The number of hydrogen-bond acceptors (Lipinski definition) is 2. The maximum atomic E-state index is 10.9. The molecule has 1 saturated carbocycles. The van der Waals surface area contributed by atoms with E-state index in [1.807, 2.05) is 0 Å². The molecule has 3 nitrogen and oxygen atoms in total. The molecule has 2 aliphatic heterocycles. The second-order valence-corrected chi connectivity index (χ2v) is 3.53. The molecule has 0 spiro atoms. The van der Waals surface area contributed by atoms with Gasteiger partial charge in [0.2, 0.25) is 5.91 Å². The first kappa shape index (κ1) is 6.16. The zero-order chi connectivity index (χ0) is 7.19. The van der Waals surface area contributed by atoms with Gasteiger partial charge in [-0.05, 0) is 19.4 Å². The minimum absolute atomic E-state index is 0.232. The smallest absolute Gasteiger partial charge is 0.223 e. The summed E-state index contributed by atoms with van der Waals surface area (Å²) in [4.78, 5) is 10.9. The zero-order valence-corrected chi connectivity index (χ0v) is 5.89. The van der Waals surface area contributed by atoms with E-state index < -0.39 is 0 Å². The molecule has 1 amide bonds. The van der Waals surface area contributed by atoms with Gasteiger partial charge in [0, 0.05) is 17.9 Å². The van der Waals surface area contributed by atoms with Crippen LogP contribution in [0.1, 0.15) is 12.8 Å². The summed E-state index contributed by atoms with van der Waals surface area (Å²) in [6, 6.07) is 0. The molecule has 3 N–H and O–H groups in total. The van der Waals surface area contributed by atoms with Crippen molar-refractivity contribution >= 4 is 5.91 Å². The van der Waals surface area contributed by atoms with Crippen LogP contribution in [0.25, 0.3) is 0 Å². The second kappa shape index (κ2) is 1.72. The Morgan fingerprint density at radius 2 is 2.40 bits per heavy atom. The van der Waals surface area contributed by atoms with Gasteiger partial charge < -0.3 is 11.1 Å². The fraction of sp³-hybridized carbons (Fsp3) is 0.857. The first-order chi connectivity index (χ1) is 4.76. The third kappa shape index (κ3) is 0.611. The minimum atomic E-state index is 0.232. The summed E-state index contributed by atoms with van der Waals surface area (Å²) in [6.07, 6.45) is 2.05. The number of hydrogen-bond donors (Lipinski definition) is 2. The molecule has 0 aromatic heterocycles. The standard InChI is InChI=1S/C7H12N2O/c8-3-7-1-5(2-7)6(10)9-4-7/h5H,1-4,8H2,(H,9,10). The third-order valence-electron chi connectivity index (χ3n) is 2.80. The first-order valence-corrected chi connectivity index (χ1v) is 3.74. The van der Waals surface area contributed by atoms with Crippen LogP contribution < -0.4 is 11.1 Å². The fourth-order valence-corrected chi connectivity index (χ4v) is 1.97. The number of nitrogens with two attached hydrogens (primary N) is 1. The average molecular weight is 140 g/mol. The largest absolute Gasteiger partial charge is 0.355 e. The SMILES string of the molecule is NCC12CNC(=O)C(C1)C2. The van der Waals surface area contributed by atoms with Crippen LogP contribution in [0.15, 0.2) is 0 Å². The van der Waals surface area contributed by atoms with Crippen molar-refractivity contribution in [3.8, 4) is 0 Å². The second-order valence-electron chi connectivity index (χ2n) is 3.53. The third-order valence-corrected chi connectivity index (χ3v) is 2.80. The molecule has 3 rings (SSSR count). The lowest BCUT2D eigenvalue weighted by molar-refractivity contribution is -0.139. The van der Waals surface area contributed by atoms with Gasteiger partial charge in [0.15, 0.2) is 0 Å². The van der Waals surface area contributed by atoms with Crippen molar-refractivity contribution in [3.05, 3.63) is 0 Å². The van der Waals surface area contributed by atoms with Gasteiger partial charge in [-0.3, -0.25) is 4.79 Å². The van der Waals surface area contributed by atoms with Crippen molar-refractivity contribution in [2.45, 2.75) is 12.8 Å². The number of carbonyl (C=O) groups is 1. The van der Waals surface area contributed by atoms with Crippen molar-refractivity contribution in [2.75, 3.05) is 13.1 Å². The van der Waals surface area contributed by atoms with Crippen LogP contribution in [-0.4, -0.2) is 19.0 Å². The molecule has 0 atom stereocenters. The molecule has 10 heavy (non-hydrogen) atoms. The van der Waals surface area contributed by atoms with E-state index in [2.05, 4.69) is 5.32 Å². The van der Waals surface area contributed by atoms with Gasteiger partial charge >= 0.3 is 0 Å². The van der Waals surface area contributed by atoms with Crippen molar-refractivity contribution in [1.29, 1.82) is 0 Å². The van der Waals surface area contributed by atoms with Crippen molar-refractivity contribution in [3.63, 3.8) is 0 Å². The maximum Gasteiger partial charge on any atom is 0.223 e. The van der Waals surface area contributed by atoms with Crippen LogP contribution in [0.2, 0.25) is 0 Å². The minimum Gasteiger partial charge on any atom is -0.355 e. The highest BCUT2D eigenvalue weighted by molar-refractivity contribution is 5.81. The lowest BCUT2D eigenvalue weighted by Gasteiger charge is -2.50. The number of carbonyl (C=O) groups excluding carboxylic acids is 1. The summed E-state index contributed by atoms with van der Waals surface area (Å²) in [5.74, 6) is 0.521. The Morgan fingerprint density at radius 1 is 1.70 bits per heavy atom. The Kier molecular flexibility index (Phi) is 1.06. The monoisotopic (exact) mass is 140 g/mol. The topological polar surface area (TPSA) is 55.1 Å². The van der Waals surface area contributed by atoms with E-state index in [4.69, 9.17) is 5.73 Å². The summed E-state index contributed by atoms with van der Waals surface area (Å²) in [5.41, 5.74) is 5.86. The van der Waals surface area contributed by atoms with Crippen molar-refractivity contribution in [2.24, 2.45) is 17.1 Å². The highest BCUT2D eigenvalue weighted by Crippen LogP contribution is 2.47. The normalized spacial score (nSPS) is 44.1. The zero-order valence-electron chi connectivity index (χ0n) is 5.89. The molecule has 1 aliphatic carbocycles. The molecule has 2 heterocycles. The summed E-state index contributed by atoms with van der Waals surface area (Å²) in [5, 5.41) is 2.85. The van der Waals surface area contributed by atoms with E-state index in [1.165, 1.54) is 0 Å². The molecule has 0 aromatic rings. The Balaban J connectivity index is 2.08. The molecule has 3 heteroatoms. The van der Waals surface area contributed by atoms with E-state index in [1.54, 1.807) is 0 Å². The summed E-state index contributed by atoms with van der Waals surface area (Å²) in [7, 11) is 0. The van der Waals surface area contributed by atoms with E-state index >= 15 is 0 Å². The lowest BCUT2D eigenvalue weighted by Crippen LogP contribution is -2.60. The van der Waals surface area contributed by atoms with Crippen LogP contribution in [-0.2, 0) is 4.79 Å². The number of nitrogens with one attached hydrogen (secondary N) is 1. The molecular weight excluding hydrogens is 128 g/mol. The van der Waals surface area contributed by atoms with Crippen LogP contribution >= 0.6 is 0 Å². The van der Waals surface area contributed by atoms with Gasteiger partial charge in [-0.2, -0.15) is 0 Å². The molecule has 3 aliphatic rings. The Hall–Kier alpha value is -0.570. The highest BCUT2D eigenvalue weighted by atomic mass is 16.2. The summed E-state index contributed by atoms with van der Waals surface area (Å²) in [6.45, 7) is 1.53. The van der Waals surface area contributed by atoms with Gasteiger partial charge in [-0.1, -0.05) is 0 Å².